The van der Waals surface area contributed by atoms with Crippen LogP contribution in [0.15, 0.2) is 27.4 Å². The second-order valence-electron chi connectivity index (χ2n) is 5.33. The lowest BCUT2D eigenvalue weighted by molar-refractivity contribution is -0.131. The van der Waals surface area contributed by atoms with Gasteiger partial charge in [-0.3, -0.25) is 19.0 Å². The van der Waals surface area contributed by atoms with Crippen LogP contribution in [-0.2, 0) is 20.9 Å². The Kier molecular flexibility index (Phi) is 5.02. The van der Waals surface area contributed by atoms with E-state index in [1.165, 1.54) is 7.05 Å². The van der Waals surface area contributed by atoms with Crippen LogP contribution < -0.4 is 22.1 Å². The number of primary amides is 1. The second-order valence-corrected chi connectivity index (χ2v) is 5.33. The fourth-order valence-electron chi connectivity index (χ4n) is 2.29. The Bertz CT molecular complexity index is 851. The average molecular weight is 334 g/mol. The molecule has 1 aromatic heterocycles. The van der Waals surface area contributed by atoms with Crippen molar-refractivity contribution >= 4 is 28.8 Å². The summed E-state index contributed by atoms with van der Waals surface area (Å²) < 4.78 is 6.24. The number of amides is 3. The normalized spacial score (nSPS) is 11.9. The lowest BCUT2D eigenvalue weighted by Gasteiger charge is -2.15. The van der Waals surface area contributed by atoms with Crippen molar-refractivity contribution < 1.29 is 18.8 Å². The van der Waals surface area contributed by atoms with Crippen molar-refractivity contribution in [3.8, 4) is 0 Å². The minimum Gasteiger partial charge on any atom is -0.408 e. The Balaban J connectivity index is 2.20. The van der Waals surface area contributed by atoms with Crippen LogP contribution in [0.3, 0.4) is 0 Å². The number of hydrogen-bond acceptors (Lipinski definition) is 5. The van der Waals surface area contributed by atoms with Gasteiger partial charge in [0.15, 0.2) is 5.58 Å². The van der Waals surface area contributed by atoms with Gasteiger partial charge in [-0.15, -0.1) is 0 Å². The fraction of sp³-hybridized carbons (Fsp3) is 0.333. The number of carbonyl (C=O) groups excluding carboxylic acids is 3. The number of fused-ring (bicyclic) bond motifs is 1. The molecule has 0 fully saturated rings. The minimum absolute atomic E-state index is 0.342. The molecule has 0 aliphatic carbocycles. The molecule has 0 saturated heterocycles. The third kappa shape index (κ3) is 3.80. The zero-order chi connectivity index (χ0) is 17.9. The first-order chi connectivity index (χ1) is 11.3. The van der Waals surface area contributed by atoms with Crippen LogP contribution in [0.5, 0.6) is 0 Å². The first-order valence-corrected chi connectivity index (χ1v) is 7.21. The summed E-state index contributed by atoms with van der Waals surface area (Å²) in [7, 11) is 1.37. The van der Waals surface area contributed by atoms with Gasteiger partial charge in [0.05, 0.1) is 11.9 Å². The van der Waals surface area contributed by atoms with Crippen LogP contribution in [0.25, 0.3) is 11.1 Å². The number of benzene rings is 1. The predicted molar refractivity (Wildman–Crippen MR) is 85.0 cm³/mol. The van der Waals surface area contributed by atoms with Gasteiger partial charge >= 0.3 is 5.76 Å². The van der Waals surface area contributed by atoms with Crippen LogP contribution >= 0.6 is 0 Å². The van der Waals surface area contributed by atoms with E-state index in [1.54, 1.807) is 18.2 Å². The molecule has 0 aliphatic heterocycles. The van der Waals surface area contributed by atoms with E-state index in [0.717, 1.165) is 10.1 Å². The number of likely N-dealkylation sites (N-methyl/N-ethyl adjacent to an activating group) is 1. The molecule has 0 bridgehead atoms. The minimum atomic E-state index is -1.10. The molecule has 0 aliphatic rings. The molecular formula is C15H18N4O5. The molecule has 0 spiro atoms. The van der Waals surface area contributed by atoms with Crippen molar-refractivity contribution in [3.05, 3.63) is 34.3 Å². The summed E-state index contributed by atoms with van der Waals surface area (Å²) in [6, 6.07) is 4.04. The number of oxazole rings is 1. The molecule has 9 heteroatoms. The average Bonchev–Trinajstić information content (AvgIpc) is 2.80. The Morgan fingerprint density at radius 1 is 1.33 bits per heavy atom. The first kappa shape index (κ1) is 17.3. The van der Waals surface area contributed by atoms with E-state index in [1.807, 2.05) is 6.92 Å². The molecule has 24 heavy (non-hydrogen) atoms. The molecule has 2 aromatic rings. The predicted octanol–water partition coefficient (Wildman–Crippen LogP) is -0.991. The Morgan fingerprint density at radius 3 is 2.67 bits per heavy atom. The van der Waals surface area contributed by atoms with Crippen molar-refractivity contribution in [2.75, 3.05) is 7.05 Å². The van der Waals surface area contributed by atoms with Crippen LogP contribution in [0.1, 0.15) is 12.0 Å². The summed E-state index contributed by atoms with van der Waals surface area (Å²) in [5.74, 6) is -2.58. The Labute approximate surface area is 136 Å². The summed E-state index contributed by atoms with van der Waals surface area (Å²) in [6.07, 6.45) is -0.342. The maximum atomic E-state index is 12.1. The largest absolute Gasteiger partial charge is 0.420 e. The summed E-state index contributed by atoms with van der Waals surface area (Å²) in [6.45, 7) is 1.50. The highest BCUT2D eigenvalue weighted by molar-refractivity contribution is 5.91. The van der Waals surface area contributed by atoms with Gasteiger partial charge in [-0.25, -0.2) is 4.79 Å². The number of aryl methyl sites for hydroxylation is 1. The van der Waals surface area contributed by atoms with E-state index in [4.69, 9.17) is 10.2 Å². The topological polar surface area (TPSA) is 136 Å². The van der Waals surface area contributed by atoms with Crippen LogP contribution in [0.2, 0.25) is 0 Å². The molecule has 1 heterocycles. The van der Waals surface area contributed by atoms with Gasteiger partial charge in [-0.05, 0) is 24.6 Å². The van der Waals surface area contributed by atoms with E-state index >= 15 is 0 Å². The van der Waals surface area contributed by atoms with Crippen molar-refractivity contribution in [2.45, 2.75) is 25.9 Å². The second kappa shape index (κ2) is 6.99. The van der Waals surface area contributed by atoms with Gasteiger partial charge < -0.3 is 20.8 Å². The lowest BCUT2D eigenvalue weighted by atomic mass is 10.2. The Morgan fingerprint density at radius 2 is 2.04 bits per heavy atom. The maximum Gasteiger partial charge on any atom is 0.420 e. The number of hydrogen-bond donors (Lipinski definition) is 3. The van der Waals surface area contributed by atoms with Gasteiger partial charge in [-0.1, -0.05) is 6.07 Å². The molecular weight excluding hydrogens is 316 g/mol. The summed E-state index contributed by atoms with van der Waals surface area (Å²) in [5, 5.41) is 4.72. The molecule has 1 aromatic carbocycles. The van der Waals surface area contributed by atoms with Gasteiger partial charge in [0.25, 0.3) is 0 Å². The van der Waals surface area contributed by atoms with E-state index in [2.05, 4.69) is 10.6 Å². The zero-order valence-corrected chi connectivity index (χ0v) is 13.3. The molecule has 128 valence electrons. The molecule has 9 nitrogen and oxygen atoms in total. The molecule has 4 N–H and O–H groups in total. The van der Waals surface area contributed by atoms with E-state index in [-0.39, 0.29) is 13.0 Å². The van der Waals surface area contributed by atoms with Crippen LogP contribution in [-0.4, -0.2) is 35.4 Å². The van der Waals surface area contributed by atoms with E-state index in [0.29, 0.717) is 11.1 Å². The van der Waals surface area contributed by atoms with Crippen molar-refractivity contribution in [3.63, 3.8) is 0 Å². The monoisotopic (exact) mass is 334 g/mol. The quantitative estimate of drug-likeness (QED) is 0.623. The number of rotatable bonds is 6. The Hall–Kier alpha value is -3.10. The lowest BCUT2D eigenvalue weighted by Crippen LogP contribution is -2.48. The third-order valence-corrected chi connectivity index (χ3v) is 3.43. The van der Waals surface area contributed by atoms with Gasteiger partial charge in [0, 0.05) is 7.05 Å². The van der Waals surface area contributed by atoms with Gasteiger partial charge in [0.2, 0.25) is 17.7 Å². The third-order valence-electron chi connectivity index (χ3n) is 3.43. The SMILES string of the molecule is CNC(=O)[C@H](CC(N)=O)NC(=O)Cn1c(=O)oc2cc(C)ccc21. The summed E-state index contributed by atoms with van der Waals surface area (Å²) in [4.78, 5) is 46.7. The highest BCUT2D eigenvalue weighted by Crippen LogP contribution is 2.14. The molecule has 0 radical (unpaired) electrons. The standard InChI is InChI=1S/C15H18N4O5/c1-8-3-4-10-11(5-8)24-15(23)19(10)7-13(21)18-9(6-12(16)20)14(22)17-2/h3-5,9H,6-7H2,1-2H3,(H2,16,20)(H,17,22)(H,18,21)/t9-/m0/s1. The highest BCUT2D eigenvalue weighted by Gasteiger charge is 2.23. The van der Waals surface area contributed by atoms with Gasteiger partial charge in [0.1, 0.15) is 12.6 Å². The first-order valence-electron chi connectivity index (χ1n) is 7.21. The number of aromatic nitrogens is 1. The molecule has 3 amide bonds. The molecule has 0 saturated carbocycles. The summed E-state index contributed by atoms with van der Waals surface area (Å²) in [5.41, 5.74) is 6.81. The smallest absolute Gasteiger partial charge is 0.408 e. The zero-order valence-electron chi connectivity index (χ0n) is 13.3. The van der Waals surface area contributed by atoms with Crippen molar-refractivity contribution in [1.29, 1.82) is 0 Å². The molecule has 0 unspecified atom stereocenters. The van der Waals surface area contributed by atoms with E-state index < -0.39 is 29.5 Å². The number of nitrogens with one attached hydrogen (secondary N) is 2. The highest BCUT2D eigenvalue weighted by atomic mass is 16.4. The van der Waals surface area contributed by atoms with E-state index in [9.17, 15) is 19.2 Å². The number of nitrogens with zero attached hydrogens (tertiary/aromatic N) is 1. The maximum absolute atomic E-state index is 12.1. The molecule has 1 atom stereocenters. The summed E-state index contributed by atoms with van der Waals surface area (Å²) >= 11 is 0. The van der Waals surface area contributed by atoms with Crippen molar-refractivity contribution in [1.82, 2.24) is 15.2 Å². The fourth-order valence-corrected chi connectivity index (χ4v) is 2.29. The number of carbonyl (C=O) groups is 3. The number of nitrogens with two attached hydrogens (primary N) is 1. The van der Waals surface area contributed by atoms with Gasteiger partial charge in [-0.2, -0.15) is 0 Å². The van der Waals surface area contributed by atoms with Crippen molar-refractivity contribution in [2.24, 2.45) is 5.73 Å². The van der Waals surface area contributed by atoms with Crippen LogP contribution in [0.4, 0.5) is 0 Å². The molecule has 2 rings (SSSR count). The van der Waals surface area contributed by atoms with Crippen LogP contribution in [0, 0.1) is 6.92 Å².